The summed E-state index contributed by atoms with van der Waals surface area (Å²) >= 11 is 10.1. The molecule has 28 heavy (non-hydrogen) atoms. The molecule has 0 radical (unpaired) electrons. The van der Waals surface area contributed by atoms with Crippen molar-refractivity contribution in [3.63, 3.8) is 0 Å². The number of benzene rings is 2. The van der Waals surface area contributed by atoms with E-state index in [9.17, 15) is 0 Å². The zero-order valence-electron chi connectivity index (χ0n) is 15.6. The van der Waals surface area contributed by atoms with Gasteiger partial charge in [-0.1, -0.05) is 33.6 Å². The van der Waals surface area contributed by atoms with E-state index < -0.39 is 0 Å². The smallest absolute Gasteiger partial charge is 0.128 e. The van der Waals surface area contributed by atoms with Gasteiger partial charge in [0.15, 0.2) is 0 Å². The molecular formula is C22H21BrClN3O. The van der Waals surface area contributed by atoms with Crippen LogP contribution in [0.25, 0.3) is 33.1 Å². The Kier molecular flexibility index (Phi) is 5.58. The number of aryl methyl sites for hydroxylation is 1. The van der Waals surface area contributed by atoms with Crippen molar-refractivity contribution in [2.45, 2.75) is 19.3 Å². The Bertz CT molecular complexity index is 1160. The van der Waals surface area contributed by atoms with Crippen molar-refractivity contribution in [1.82, 2.24) is 9.97 Å². The average Bonchev–Trinajstić information content (AvgIpc) is 3.05. The molecule has 3 N–H and O–H groups in total. The number of aromatic amines is 1. The highest BCUT2D eigenvalue weighted by molar-refractivity contribution is 9.10. The molecule has 4 aromatic rings. The van der Waals surface area contributed by atoms with Crippen LogP contribution in [0.3, 0.4) is 0 Å². The summed E-state index contributed by atoms with van der Waals surface area (Å²) in [4.78, 5) is 8.09. The van der Waals surface area contributed by atoms with Gasteiger partial charge in [0.05, 0.1) is 28.9 Å². The Morgan fingerprint density at radius 2 is 2.04 bits per heavy atom. The lowest BCUT2D eigenvalue weighted by molar-refractivity contribution is 0.417. The second-order valence-corrected chi connectivity index (χ2v) is 8.07. The van der Waals surface area contributed by atoms with Gasteiger partial charge < -0.3 is 15.5 Å². The summed E-state index contributed by atoms with van der Waals surface area (Å²) in [6.07, 6.45) is 4.69. The highest BCUT2D eigenvalue weighted by Gasteiger charge is 2.20. The van der Waals surface area contributed by atoms with E-state index in [2.05, 4.69) is 38.0 Å². The molecule has 0 aliphatic carbocycles. The van der Waals surface area contributed by atoms with Crippen LogP contribution in [-0.4, -0.2) is 23.6 Å². The largest absolute Gasteiger partial charge is 0.496 e. The first-order chi connectivity index (χ1) is 13.6. The van der Waals surface area contributed by atoms with Crippen LogP contribution >= 0.6 is 27.5 Å². The number of nitrogens with one attached hydrogen (secondary N) is 1. The molecule has 0 fully saturated rings. The first-order valence-electron chi connectivity index (χ1n) is 9.25. The zero-order valence-corrected chi connectivity index (χ0v) is 17.9. The first kappa shape index (κ1) is 19.2. The Labute approximate surface area is 177 Å². The summed E-state index contributed by atoms with van der Waals surface area (Å²) in [6.45, 7) is 0.684. The molecule has 0 saturated heterocycles. The van der Waals surface area contributed by atoms with Gasteiger partial charge in [0.2, 0.25) is 0 Å². The van der Waals surface area contributed by atoms with E-state index in [-0.39, 0.29) is 0 Å². The lowest BCUT2D eigenvalue weighted by Gasteiger charge is -2.13. The number of nitrogens with zero attached hydrogens (tertiary/aromatic N) is 1. The van der Waals surface area contributed by atoms with E-state index in [0.29, 0.717) is 11.6 Å². The van der Waals surface area contributed by atoms with E-state index >= 15 is 0 Å². The predicted octanol–water partition coefficient (Wildman–Crippen LogP) is 6.09. The van der Waals surface area contributed by atoms with Gasteiger partial charge >= 0.3 is 0 Å². The monoisotopic (exact) mass is 457 g/mol. The molecule has 2 aromatic heterocycles. The molecule has 0 bridgehead atoms. The summed E-state index contributed by atoms with van der Waals surface area (Å²) in [5.74, 6) is 0.808. The number of aromatic nitrogens is 2. The lowest BCUT2D eigenvalue weighted by atomic mass is 9.97. The third-order valence-corrected chi connectivity index (χ3v) is 5.79. The molecule has 0 unspecified atom stereocenters. The fourth-order valence-electron chi connectivity index (χ4n) is 3.75. The molecule has 4 rings (SSSR count). The SMILES string of the molecule is COc1ccc2ncccc2c1-c1[nH]c2c(Cl)cc(Br)cc2c1CCCCN. The van der Waals surface area contributed by atoms with Crippen LogP contribution in [0.2, 0.25) is 5.02 Å². The van der Waals surface area contributed by atoms with Gasteiger partial charge in [-0.2, -0.15) is 0 Å². The minimum Gasteiger partial charge on any atom is -0.496 e. The number of nitrogens with two attached hydrogens (primary N) is 1. The van der Waals surface area contributed by atoms with Crippen molar-refractivity contribution < 1.29 is 4.74 Å². The van der Waals surface area contributed by atoms with E-state index in [0.717, 1.165) is 62.5 Å². The third-order valence-electron chi connectivity index (χ3n) is 5.03. The minimum absolute atomic E-state index is 0.684. The number of ether oxygens (including phenoxy) is 1. The molecule has 0 amide bonds. The molecule has 6 heteroatoms. The van der Waals surface area contributed by atoms with Crippen LogP contribution in [0.5, 0.6) is 5.75 Å². The number of hydrogen-bond donors (Lipinski definition) is 2. The maximum Gasteiger partial charge on any atom is 0.128 e. The predicted molar refractivity (Wildman–Crippen MR) is 120 cm³/mol. The Balaban J connectivity index is 2.05. The topological polar surface area (TPSA) is 63.9 Å². The third kappa shape index (κ3) is 3.39. The van der Waals surface area contributed by atoms with Crippen molar-refractivity contribution in [1.29, 1.82) is 0 Å². The number of fused-ring (bicyclic) bond motifs is 2. The van der Waals surface area contributed by atoms with E-state index in [4.69, 9.17) is 22.1 Å². The molecular weight excluding hydrogens is 438 g/mol. The van der Waals surface area contributed by atoms with Crippen molar-refractivity contribution >= 4 is 49.3 Å². The summed E-state index contributed by atoms with van der Waals surface area (Å²) in [5, 5.41) is 2.85. The summed E-state index contributed by atoms with van der Waals surface area (Å²) in [5.41, 5.74) is 10.9. The highest BCUT2D eigenvalue weighted by Crippen LogP contribution is 2.42. The quantitative estimate of drug-likeness (QED) is 0.344. The molecule has 0 saturated carbocycles. The van der Waals surface area contributed by atoms with Crippen LogP contribution in [-0.2, 0) is 6.42 Å². The number of unbranched alkanes of at least 4 members (excludes halogenated alkanes) is 1. The van der Waals surface area contributed by atoms with Crippen LogP contribution in [0.15, 0.2) is 47.1 Å². The maximum absolute atomic E-state index is 6.56. The normalized spacial score (nSPS) is 11.4. The second kappa shape index (κ2) is 8.11. The van der Waals surface area contributed by atoms with Gasteiger partial charge in [-0.25, -0.2) is 0 Å². The maximum atomic E-state index is 6.56. The van der Waals surface area contributed by atoms with E-state index in [1.54, 1.807) is 13.3 Å². The number of halogens is 2. The van der Waals surface area contributed by atoms with Crippen LogP contribution in [0.1, 0.15) is 18.4 Å². The summed E-state index contributed by atoms with van der Waals surface area (Å²) in [6, 6.07) is 12.0. The van der Waals surface area contributed by atoms with Crippen LogP contribution in [0.4, 0.5) is 0 Å². The Morgan fingerprint density at radius 3 is 2.82 bits per heavy atom. The van der Waals surface area contributed by atoms with Crippen molar-refractivity contribution in [2.75, 3.05) is 13.7 Å². The van der Waals surface area contributed by atoms with E-state index in [1.807, 2.05) is 24.3 Å². The molecule has 0 atom stereocenters. The summed E-state index contributed by atoms with van der Waals surface area (Å²) in [7, 11) is 1.70. The van der Waals surface area contributed by atoms with Crippen LogP contribution < -0.4 is 10.5 Å². The molecule has 0 aliphatic rings. The number of H-pyrrole nitrogens is 1. The molecule has 2 aromatic carbocycles. The van der Waals surface area contributed by atoms with Gasteiger partial charge in [0, 0.05) is 27.0 Å². The molecule has 0 aliphatic heterocycles. The lowest BCUT2D eigenvalue weighted by Crippen LogP contribution is -2.00. The van der Waals surface area contributed by atoms with Gasteiger partial charge in [0.25, 0.3) is 0 Å². The van der Waals surface area contributed by atoms with Gasteiger partial charge in [-0.3, -0.25) is 4.98 Å². The molecule has 0 spiro atoms. The van der Waals surface area contributed by atoms with Gasteiger partial charge in [0.1, 0.15) is 5.75 Å². The van der Waals surface area contributed by atoms with Crippen molar-refractivity contribution in [3.8, 4) is 17.0 Å². The Hall–Kier alpha value is -2.08. The molecule has 4 nitrogen and oxygen atoms in total. The van der Waals surface area contributed by atoms with Gasteiger partial charge in [-0.15, -0.1) is 0 Å². The fourth-order valence-corrected chi connectivity index (χ4v) is 4.61. The number of pyridine rings is 1. The minimum atomic E-state index is 0.684. The number of hydrogen-bond acceptors (Lipinski definition) is 3. The number of rotatable bonds is 6. The Morgan fingerprint density at radius 1 is 1.18 bits per heavy atom. The molecule has 144 valence electrons. The fraction of sp³-hybridized carbons (Fsp3) is 0.227. The van der Waals surface area contributed by atoms with Crippen LogP contribution in [0, 0.1) is 0 Å². The van der Waals surface area contributed by atoms with Crippen molar-refractivity contribution in [3.05, 3.63) is 57.7 Å². The van der Waals surface area contributed by atoms with Gasteiger partial charge in [-0.05, 0) is 61.7 Å². The highest BCUT2D eigenvalue weighted by atomic mass is 79.9. The standard InChI is InChI=1S/C22H21BrClN3O/c1-28-19-8-7-18-15(6-4-10-26-18)20(19)22-14(5-2-3-9-25)16-11-13(23)12-17(24)21(16)27-22/h4,6-8,10-12,27H,2-3,5,9,25H2,1H3. The van der Waals surface area contributed by atoms with Crippen molar-refractivity contribution in [2.24, 2.45) is 5.73 Å². The zero-order chi connectivity index (χ0) is 19.7. The summed E-state index contributed by atoms with van der Waals surface area (Å²) < 4.78 is 6.69. The molecule has 2 heterocycles. The first-order valence-corrected chi connectivity index (χ1v) is 10.4. The number of methoxy groups -OCH3 is 1. The average molecular weight is 459 g/mol. The van der Waals surface area contributed by atoms with E-state index in [1.165, 1.54) is 5.56 Å². The second-order valence-electron chi connectivity index (χ2n) is 6.75.